The van der Waals surface area contributed by atoms with Crippen molar-refractivity contribution in [2.45, 2.75) is 25.8 Å². The lowest BCUT2D eigenvalue weighted by Crippen LogP contribution is -2.44. The first kappa shape index (κ1) is 16.9. The first-order chi connectivity index (χ1) is 10.2. The van der Waals surface area contributed by atoms with E-state index in [0.29, 0.717) is 24.9 Å². The molecular weight excluding hydrogens is 307 g/mol. The Morgan fingerprint density at radius 1 is 1.41 bits per heavy atom. The van der Waals surface area contributed by atoms with E-state index in [1.807, 2.05) is 0 Å². The molecular formula is C15H21FN2O3S. The lowest BCUT2D eigenvalue weighted by molar-refractivity contribution is -0.126. The standard InChI is InChI=1S/C15H21FN2O3S/c1-10-8-12(16)4-5-13(10)14-9-11(15(19)17-2)6-7-18(14)22(3,20)21/h4-5,8,11,14H,6-7,9H2,1-3H3,(H,17,19). The normalized spacial score (nSPS) is 23.3. The minimum atomic E-state index is -3.40. The maximum Gasteiger partial charge on any atom is 0.222 e. The molecule has 2 rings (SSSR count). The van der Waals surface area contributed by atoms with Crippen LogP contribution in [0.4, 0.5) is 4.39 Å². The molecule has 0 aromatic heterocycles. The van der Waals surface area contributed by atoms with Gasteiger partial charge in [-0.3, -0.25) is 4.79 Å². The summed E-state index contributed by atoms with van der Waals surface area (Å²) in [4.78, 5) is 11.9. The van der Waals surface area contributed by atoms with Gasteiger partial charge < -0.3 is 5.32 Å². The number of piperidine rings is 1. The van der Waals surface area contributed by atoms with Crippen LogP contribution in [0.2, 0.25) is 0 Å². The average molecular weight is 328 g/mol. The highest BCUT2D eigenvalue weighted by Gasteiger charge is 2.37. The summed E-state index contributed by atoms with van der Waals surface area (Å²) in [7, 11) is -1.83. The van der Waals surface area contributed by atoms with Gasteiger partial charge in [-0.15, -0.1) is 0 Å². The molecule has 1 fully saturated rings. The Hall–Kier alpha value is -1.47. The predicted octanol–water partition coefficient (Wildman–Crippen LogP) is 1.59. The third-order valence-electron chi connectivity index (χ3n) is 4.19. The molecule has 1 aromatic rings. The van der Waals surface area contributed by atoms with Gasteiger partial charge >= 0.3 is 0 Å². The fourth-order valence-electron chi connectivity index (χ4n) is 3.08. The molecule has 0 radical (unpaired) electrons. The Morgan fingerprint density at radius 2 is 2.09 bits per heavy atom. The van der Waals surface area contributed by atoms with Crippen molar-refractivity contribution in [2.75, 3.05) is 19.8 Å². The largest absolute Gasteiger partial charge is 0.359 e. The van der Waals surface area contributed by atoms with Crippen LogP contribution in [0, 0.1) is 18.7 Å². The highest BCUT2D eigenvalue weighted by molar-refractivity contribution is 7.88. The number of carbonyl (C=O) groups is 1. The van der Waals surface area contributed by atoms with Crippen LogP contribution in [-0.2, 0) is 14.8 Å². The van der Waals surface area contributed by atoms with Crippen molar-refractivity contribution in [1.29, 1.82) is 0 Å². The van der Waals surface area contributed by atoms with E-state index in [-0.39, 0.29) is 17.6 Å². The van der Waals surface area contributed by atoms with Crippen LogP contribution in [0.25, 0.3) is 0 Å². The van der Waals surface area contributed by atoms with Crippen molar-refractivity contribution < 1.29 is 17.6 Å². The number of carbonyl (C=O) groups excluding carboxylic acids is 1. The van der Waals surface area contributed by atoms with E-state index >= 15 is 0 Å². The maximum absolute atomic E-state index is 13.3. The molecule has 1 amide bonds. The Bertz CT molecular complexity index is 675. The summed E-state index contributed by atoms with van der Waals surface area (Å²) in [6.07, 6.45) is 2.06. The van der Waals surface area contributed by atoms with E-state index < -0.39 is 16.1 Å². The van der Waals surface area contributed by atoms with Gasteiger partial charge in [0, 0.05) is 19.5 Å². The van der Waals surface area contributed by atoms with E-state index in [4.69, 9.17) is 0 Å². The molecule has 0 saturated carbocycles. The summed E-state index contributed by atoms with van der Waals surface area (Å²) in [5.41, 5.74) is 1.44. The first-order valence-corrected chi connectivity index (χ1v) is 9.03. The fourth-order valence-corrected chi connectivity index (χ4v) is 4.18. The third kappa shape index (κ3) is 3.47. The number of halogens is 1. The zero-order valence-corrected chi connectivity index (χ0v) is 13.8. The van der Waals surface area contributed by atoms with Crippen LogP contribution in [0.3, 0.4) is 0 Å². The van der Waals surface area contributed by atoms with Crippen molar-refractivity contribution >= 4 is 15.9 Å². The summed E-state index contributed by atoms with van der Waals surface area (Å²) in [6, 6.07) is 3.89. The SMILES string of the molecule is CNC(=O)C1CCN(S(C)(=O)=O)C(c2ccc(F)cc2C)C1. The topological polar surface area (TPSA) is 66.5 Å². The zero-order chi connectivity index (χ0) is 16.5. The minimum absolute atomic E-state index is 0.0853. The highest BCUT2D eigenvalue weighted by Crippen LogP contribution is 2.37. The molecule has 0 aliphatic carbocycles. The second-order valence-corrected chi connectivity index (χ2v) is 7.66. The number of aryl methyl sites for hydroxylation is 1. The van der Waals surface area contributed by atoms with Crippen LogP contribution in [0.1, 0.15) is 30.0 Å². The molecule has 2 atom stereocenters. The van der Waals surface area contributed by atoms with Gasteiger partial charge in [0.15, 0.2) is 0 Å². The van der Waals surface area contributed by atoms with Gasteiger partial charge in [0.05, 0.1) is 12.3 Å². The summed E-state index contributed by atoms with van der Waals surface area (Å²) in [5, 5.41) is 2.62. The molecule has 5 nitrogen and oxygen atoms in total. The van der Waals surface area contributed by atoms with Gasteiger partial charge in [-0.05, 0) is 43.0 Å². The highest BCUT2D eigenvalue weighted by atomic mass is 32.2. The predicted molar refractivity (Wildman–Crippen MR) is 82.2 cm³/mol. The molecule has 1 aliphatic heterocycles. The Labute approximate surface area is 130 Å². The molecule has 1 saturated heterocycles. The van der Waals surface area contributed by atoms with Gasteiger partial charge in [0.25, 0.3) is 0 Å². The van der Waals surface area contributed by atoms with E-state index in [9.17, 15) is 17.6 Å². The van der Waals surface area contributed by atoms with E-state index in [1.54, 1.807) is 20.0 Å². The quantitative estimate of drug-likeness (QED) is 0.916. The number of sulfonamides is 1. The molecule has 1 aromatic carbocycles. The Morgan fingerprint density at radius 3 is 2.64 bits per heavy atom. The second kappa shape index (κ2) is 6.34. The van der Waals surface area contributed by atoms with Gasteiger partial charge in [-0.25, -0.2) is 12.8 Å². The number of benzene rings is 1. The Kier molecular flexibility index (Phi) is 4.87. The summed E-state index contributed by atoms with van der Waals surface area (Å²) < 4.78 is 38.8. The van der Waals surface area contributed by atoms with E-state index in [1.165, 1.54) is 22.7 Å². The van der Waals surface area contributed by atoms with Crippen molar-refractivity contribution in [3.8, 4) is 0 Å². The van der Waals surface area contributed by atoms with E-state index in [2.05, 4.69) is 5.32 Å². The van der Waals surface area contributed by atoms with Crippen LogP contribution < -0.4 is 5.32 Å². The summed E-state index contributed by atoms with van der Waals surface area (Å²) in [5.74, 6) is -0.679. The number of hydrogen-bond donors (Lipinski definition) is 1. The number of amides is 1. The minimum Gasteiger partial charge on any atom is -0.359 e. The lowest BCUT2D eigenvalue weighted by Gasteiger charge is -2.38. The van der Waals surface area contributed by atoms with Crippen LogP contribution >= 0.6 is 0 Å². The van der Waals surface area contributed by atoms with Gasteiger partial charge in [-0.1, -0.05) is 6.07 Å². The molecule has 0 bridgehead atoms. The zero-order valence-electron chi connectivity index (χ0n) is 13.0. The lowest BCUT2D eigenvalue weighted by atomic mass is 9.86. The summed E-state index contributed by atoms with van der Waals surface area (Å²) in [6.45, 7) is 2.04. The first-order valence-electron chi connectivity index (χ1n) is 7.18. The van der Waals surface area contributed by atoms with Crippen molar-refractivity contribution in [2.24, 2.45) is 5.92 Å². The van der Waals surface area contributed by atoms with Crippen LogP contribution in [-0.4, -0.2) is 38.5 Å². The number of hydrogen-bond acceptors (Lipinski definition) is 3. The third-order valence-corrected chi connectivity index (χ3v) is 5.48. The molecule has 22 heavy (non-hydrogen) atoms. The van der Waals surface area contributed by atoms with Crippen molar-refractivity contribution in [3.63, 3.8) is 0 Å². The molecule has 1 heterocycles. The fraction of sp³-hybridized carbons (Fsp3) is 0.533. The number of nitrogens with one attached hydrogen (secondary N) is 1. The van der Waals surface area contributed by atoms with Gasteiger partial charge in [0.2, 0.25) is 15.9 Å². The van der Waals surface area contributed by atoms with E-state index in [0.717, 1.165) is 5.56 Å². The maximum atomic E-state index is 13.3. The molecule has 7 heteroatoms. The number of rotatable bonds is 3. The average Bonchev–Trinajstić information content (AvgIpc) is 2.45. The van der Waals surface area contributed by atoms with Gasteiger partial charge in [-0.2, -0.15) is 4.31 Å². The van der Waals surface area contributed by atoms with Crippen molar-refractivity contribution in [1.82, 2.24) is 9.62 Å². The summed E-state index contributed by atoms with van der Waals surface area (Å²) >= 11 is 0. The van der Waals surface area contributed by atoms with Crippen molar-refractivity contribution in [3.05, 3.63) is 35.1 Å². The Balaban J connectivity index is 2.41. The van der Waals surface area contributed by atoms with Crippen LogP contribution in [0.5, 0.6) is 0 Å². The molecule has 1 N–H and O–H groups in total. The molecule has 122 valence electrons. The number of nitrogens with zero attached hydrogens (tertiary/aromatic N) is 1. The van der Waals surface area contributed by atoms with Crippen LogP contribution in [0.15, 0.2) is 18.2 Å². The molecule has 2 unspecified atom stereocenters. The smallest absolute Gasteiger partial charge is 0.222 e. The van der Waals surface area contributed by atoms with Gasteiger partial charge in [0.1, 0.15) is 5.82 Å². The molecule has 0 spiro atoms. The second-order valence-electron chi connectivity index (χ2n) is 5.73. The monoisotopic (exact) mass is 328 g/mol. The molecule has 1 aliphatic rings.